The van der Waals surface area contributed by atoms with E-state index in [1.54, 1.807) is 0 Å². The quantitative estimate of drug-likeness (QED) is 0.184. The topological polar surface area (TPSA) is 57.4 Å². The van der Waals surface area contributed by atoms with E-state index in [9.17, 15) is 10.5 Å². The Kier molecular flexibility index (Phi) is 7.44. The monoisotopic (exact) mass is 700 g/mol. The van der Waals surface area contributed by atoms with Gasteiger partial charge in [0.25, 0.3) is 0 Å². The Morgan fingerprint density at radius 1 is 0.527 bits per heavy atom. The van der Waals surface area contributed by atoms with E-state index in [1.165, 1.54) is 10.8 Å². The number of nitrogens with zero attached hydrogens (tertiary/aromatic N) is 4. The number of allylic oxidation sites excluding steroid dienone is 6. The van der Waals surface area contributed by atoms with Gasteiger partial charge in [-0.15, -0.1) is 0 Å². The highest BCUT2D eigenvalue weighted by Crippen LogP contribution is 2.41. The van der Waals surface area contributed by atoms with Crippen molar-refractivity contribution < 1.29 is 0 Å². The molecule has 1 aliphatic carbocycles. The van der Waals surface area contributed by atoms with Gasteiger partial charge in [-0.2, -0.15) is 10.5 Å². The van der Waals surface area contributed by atoms with Gasteiger partial charge in [0.2, 0.25) is 0 Å². The van der Waals surface area contributed by atoms with Crippen LogP contribution in [0.2, 0.25) is 0 Å². The van der Waals surface area contributed by atoms with E-state index >= 15 is 0 Å². The molecule has 0 fully saturated rings. The minimum Gasteiger partial charge on any atom is -0.308 e. The Morgan fingerprint density at radius 2 is 1.18 bits per heavy atom. The highest BCUT2D eigenvalue weighted by Gasteiger charge is 2.23. The zero-order chi connectivity index (χ0) is 37.0. The van der Waals surface area contributed by atoms with Gasteiger partial charge >= 0.3 is 0 Å². The molecule has 0 atom stereocenters. The van der Waals surface area contributed by atoms with Crippen LogP contribution in [0.25, 0.3) is 82.8 Å². The lowest BCUT2D eigenvalue weighted by Gasteiger charge is -2.16. The van der Waals surface area contributed by atoms with Crippen LogP contribution in [0.1, 0.15) is 22.4 Å². The maximum Gasteiger partial charge on any atom is 0.101 e. The van der Waals surface area contributed by atoms with E-state index in [1.807, 2.05) is 36.4 Å². The fourth-order valence-electron chi connectivity index (χ4n) is 8.48. The van der Waals surface area contributed by atoms with Gasteiger partial charge in [0.1, 0.15) is 12.1 Å². The van der Waals surface area contributed by atoms with Crippen LogP contribution in [-0.4, -0.2) is 9.13 Å². The predicted octanol–water partition coefficient (Wildman–Crippen LogP) is 12.7. The van der Waals surface area contributed by atoms with E-state index in [0.29, 0.717) is 28.9 Å². The number of aromatic nitrogens is 2. The molecule has 0 N–H and O–H groups in total. The minimum absolute atomic E-state index is 0.471. The van der Waals surface area contributed by atoms with Crippen LogP contribution in [0, 0.1) is 22.7 Å². The van der Waals surface area contributed by atoms with Crippen molar-refractivity contribution in [2.24, 2.45) is 0 Å². The summed E-state index contributed by atoms with van der Waals surface area (Å²) >= 11 is 0. The standard InChI is InChI=1S/C51H32N4/c1-33-12-3-2-4-18-42-44-28-36(40-20-11-15-34-13-5-7-16-39(34)40)24-26-47(44)54(46(42)25-22-33)49-29-38(32-53)50(30-37(49)31-52)55-45-21-10-9-19-43(45)51-41-17-8-6-14-35(41)23-27-48(51)55/h2-17,19-30H,1,18H2/b4-2-,12-3-,25-22?. The molecule has 1 aliphatic rings. The summed E-state index contributed by atoms with van der Waals surface area (Å²) in [5.41, 5.74) is 10.4. The predicted molar refractivity (Wildman–Crippen MR) is 228 cm³/mol. The number of fused-ring (bicyclic) bond motifs is 9. The summed E-state index contributed by atoms with van der Waals surface area (Å²) in [4.78, 5) is 0. The zero-order valence-corrected chi connectivity index (χ0v) is 29.9. The molecule has 10 rings (SSSR count). The Balaban J connectivity index is 1.26. The second-order valence-electron chi connectivity index (χ2n) is 14.0. The SMILES string of the molecule is C=C1C=Cc2c(c3cc(-c4cccc5ccccc45)ccc3n2-c2cc(C#N)c(-n3c4ccccc4c4c5ccccc5ccc43)cc2C#N)C/C=C\C=C/1. The highest BCUT2D eigenvalue weighted by atomic mass is 15.0. The molecular weight excluding hydrogens is 669 g/mol. The van der Waals surface area contributed by atoms with E-state index in [0.717, 1.165) is 71.4 Å². The van der Waals surface area contributed by atoms with Gasteiger partial charge in [-0.25, -0.2) is 0 Å². The average Bonchev–Trinajstić information content (AvgIpc) is 3.74. The van der Waals surface area contributed by atoms with Crippen molar-refractivity contribution in [1.29, 1.82) is 10.5 Å². The number of rotatable bonds is 3. The molecular formula is C51H32N4. The van der Waals surface area contributed by atoms with Crippen LogP contribution in [0.3, 0.4) is 0 Å². The van der Waals surface area contributed by atoms with Crippen molar-refractivity contribution in [3.8, 4) is 34.6 Å². The average molecular weight is 701 g/mol. The van der Waals surface area contributed by atoms with Crippen molar-refractivity contribution >= 4 is 60.3 Å². The molecule has 0 aliphatic heterocycles. The van der Waals surface area contributed by atoms with E-state index < -0.39 is 0 Å². The molecule has 4 heteroatoms. The van der Waals surface area contributed by atoms with Gasteiger partial charge in [-0.3, -0.25) is 0 Å². The smallest absolute Gasteiger partial charge is 0.101 e. The maximum atomic E-state index is 11.0. The minimum atomic E-state index is 0.471. The lowest BCUT2D eigenvalue weighted by molar-refractivity contribution is 1.06. The van der Waals surface area contributed by atoms with Crippen molar-refractivity contribution in [3.05, 3.63) is 198 Å². The number of nitriles is 2. The van der Waals surface area contributed by atoms with Gasteiger partial charge in [0.05, 0.1) is 44.7 Å². The second kappa shape index (κ2) is 12.8. The van der Waals surface area contributed by atoms with Gasteiger partial charge in [-0.1, -0.05) is 134 Å². The van der Waals surface area contributed by atoms with E-state index in [-0.39, 0.29) is 0 Å². The lowest BCUT2D eigenvalue weighted by atomic mass is 9.96. The molecule has 0 spiro atoms. The van der Waals surface area contributed by atoms with Gasteiger partial charge in [0.15, 0.2) is 0 Å². The van der Waals surface area contributed by atoms with Crippen molar-refractivity contribution in [3.63, 3.8) is 0 Å². The first-order valence-electron chi connectivity index (χ1n) is 18.4. The van der Waals surface area contributed by atoms with Crippen LogP contribution in [0.5, 0.6) is 0 Å². The van der Waals surface area contributed by atoms with Crippen LogP contribution in [0.4, 0.5) is 0 Å². The maximum absolute atomic E-state index is 11.0. The van der Waals surface area contributed by atoms with Crippen LogP contribution in [-0.2, 0) is 6.42 Å². The third kappa shape index (κ3) is 5.05. The Morgan fingerprint density at radius 3 is 1.98 bits per heavy atom. The normalized spacial score (nSPS) is 14.0. The van der Waals surface area contributed by atoms with Crippen molar-refractivity contribution in [2.75, 3.05) is 0 Å². The Hall–Kier alpha value is -7.66. The summed E-state index contributed by atoms with van der Waals surface area (Å²) in [5.74, 6) is 0. The van der Waals surface area contributed by atoms with Crippen LogP contribution in [0.15, 0.2) is 176 Å². The van der Waals surface area contributed by atoms with E-state index in [2.05, 4.69) is 161 Å². The molecule has 0 saturated carbocycles. The number of benzene rings is 7. The third-order valence-electron chi connectivity index (χ3n) is 10.9. The Bertz CT molecular complexity index is 3270. The Labute approximate surface area is 318 Å². The fraction of sp³-hybridized carbons (Fsp3) is 0.0196. The van der Waals surface area contributed by atoms with Crippen LogP contribution < -0.4 is 0 Å². The molecule has 4 nitrogen and oxygen atoms in total. The summed E-state index contributed by atoms with van der Waals surface area (Å²) in [5, 5.41) is 29.9. The summed E-state index contributed by atoms with van der Waals surface area (Å²) < 4.78 is 4.30. The largest absolute Gasteiger partial charge is 0.308 e. The fourth-order valence-corrected chi connectivity index (χ4v) is 8.48. The molecule has 256 valence electrons. The molecule has 0 radical (unpaired) electrons. The molecule has 2 aromatic heterocycles. The third-order valence-corrected chi connectivity index (χ3v) is 10.9. The van der Waals surface area contributed by atoms with Gasteiger partial charge < -0.3 is 9.13 Å². The molecule has 7 aromatic carbocycles. The number of hydrogen-bond acceptors (Lipinski definition) is 2. The first-order chi connectivity index (χ1) is 27.1. The molecule has 2 heterocycles. The highest BCUT2D eigenvalue weighted by molar-refractivity contribution is 6.21. The van der Waals surface area contributed by atoms with E-state index in [4.69, 9.17) is 0 Å². The summed E-state index contributed by atoms with van der Waals surface area (Å²) in [6, 6.07) is 51.3. The van der Waals surface area contributed by atoms with Gasteiger partial charge in [0, 0.05) is 16.2 Å². The number of hydrogen-bond donors (Lipinski definition) is 0. The van der Waals surface area contributed by atoms with Gasteiger partial charge in [-0.05, 0) is 92.7 Å². The molecule has 55 heavy (non-hydrogen) atoms. The summed E-state index contributed by atoms with van der Waals surface area (Å²) in [6.07, 6.45) is 13.0. The first kappa shape index (κ1) is 32.0. The zero-order valence-electron chi connectivity index (χ0n) is 29.9. The van der Waals surface area contributed by atoms with Crippen LogP contribution >= 0.6 is 0 Å². The molecule has 0 bridgehead atoms. The lowest BCUT2D eigenvalue weighted by Crippen LogP contribution is -2.05. The number of para-hydroxylation sites is 1. The second-order valence-corrected chi connectivity index (χ2v) is 14.0. The van der Waals surface area contributed by atoms with Crippen molar-refractivity contribution in [1.82, 2.24) is 9.13 Å². The molecule has 9 aromatic rings. The summed E-state index contributed by atoms with van der Waals surface area (Å²) in [7, 11) is 0. The molecule has 0 amide bonds. The molecule has 0 unspecified atom stereocenters. The van der Waals surface area contributed by atoms with Crippen molar-refractivity contribution in [2.45, 2.75) is 6.42 Å². The first-order valence-corrected chi connectivity index (χ1v) is 18.4. The summed E-state index contributed by atoms with van der Waals surface area (Å²) in [6.45, 7) is 4.25. The molecule has 0 saturated heterocycles.